The highest BCUT2D eigenvalue weighted by Gasteiger charge is 2.27. The lowest BCUT2D eigenvalue weighted by Crippen LogP contribution is -2.36. The van der Waals surface area contributed by atoms with Crippen LogP contribution in [0.2, 0.25) is 0 Å². The summed E-state index contributed by atoms with van der Waals surface area (Å²) in [4.78, 5) is 11.4. The van der Waals surface area contributed by atoms with Gasteiger partial charge in [0.1, 0.15) is 4.99 Å². The van der Waals surface area contributed by atoms with Crippen LogP contribution in [0.4, 0.5) is 0 Å². The average molecular weight is 313 g/mol. The lowest BCUT2D eigenvalue weighted by Gasteiger charge is -2.12. The van der Waals surface area contributed by atoms with Gasteiger partial charge in [-0.3, -0.25) is 4.79 Å². The maximum atomic E-state index is 12.2. The van der Waals surface area contributed by atoms with Crippen LogP contribution >= 0.6 is 12.2 Å². The molecule has 4 N–H and O–H groups in total. The number of benzene rings is 1. The molecule has 1 aliphatic rings. The molecule has 1 atom stereocenters. The van der Waals surface area contributed by atoms with Crippen LogP contribution in [0.3, 0.4) is 0 Å². The second-order valence-corrected chi connectivity index (χ2v) is 6.82. The summed E-state index contributed by atoms with van der Waals surface area (Å²) in [7, 11) is -3.66. The van der Waals surface area contributed by atoms with Gasteiger partial charge >= 0.3 is 0 Å². The maximum Gasteiger partial charge on any atom is 0.240 e. The van der Waals surface area contributed by atoms with E-state index in [0.29, 0.717) is 17.7 Å². The molecule has 6 nitrogen and oxygen atoms in total. The van der Waals surface area contributed by atoms with Crippen molar-refractivity contribution < 1.29 is 13.2 Å². The highest BCUT2D eigenvalue weighted by atomic mass is 32.2. The third kappa shape index (κ3) is 3.14. The first kappa shape index (κ1) is 14.9. The van der Waals surface area contributed by atoms with E-state index in [1.54, 1.807) is 13.0 Å². The Morgan fingerprint density at radius 3 is 2.70 bits per heavy atom. The van der Waals surface area contributed by atoms with E-state index in [0.717, 1.165) is 0 Å². The van der Waals surface area contributed by atoms with Gasteiger partial charge in [0.05, 0.1) is 4.90 Å². The minimum absolute atomic E-state index is 0.134. The molecule has 0 aromatic heterocycles. The Morgan fingerprint density at radius 2 is 2.20 bits per heavy atom. The number of thiocarbonyl (C=S) groups is 1. The van der Waals surface area contributed by atoms with Gasteiger partial charge in [-0.25, -0.2) is 13.1 Å². The first-order chi connectivity index (χ1) is 9.29. The number of sulfonamides is 1. The molecule has 108 valence electrons. The van der Waals surface area contributed by atoms with Crippen molar-refractivity contribution in [3.05, 3.63) is 29.3 Å². The van der Waals surface area contributed by atoms with Crippen molar-refractivity contribution in [3.8, 4) is 0 Å². The van der Waals surface area contributed by atoms with Gasteiger partial charge in [0, 0.05) is 24.6 Å². The third-order valence-electron chi connectivity index (χ3n) is 3.07. The predicted molar refractivity (Wildman–Crippen MR) is 78.8 cm³/mol. The number of nitrogens with one attached hydrogen (secondary N) is 2. The summed E-state index contributed by atoms with van der Waals surface area (Å²) in [5, 5.41) is 2.58. The highest BCUT2D eigenvalue weighted by molar-refractivity contribution is 7.89. The van der Waals surface area contributed by atoms with Crippen LogP contribution in [-0.4, -0.2) is 31.9 Å². The zero-order valence-corrected chi connectivity index (χ0v) is 12.5. The van der Waals surface area contributed by atoms with E-state index < -0.39 is 16.1 Å². The monoisotopic (exact) mass is 313 g/mol. The smallest absolute Gasteiger partial charge is 0.240 e. The van der Waals surface area contributed by atoms with E-state index in [2.05, 4.69) is 10.0 Å². The zero-order chi connectivity index (χ0) is 14.9. The molecule has 0 bridgehead atoms. The second-order valence-electron chi connectivity index (χ2n) is 4.67. The zero-order valence-electron chi connectivity index (χ0n) is 10.8. The molecule has 1 unspecified atom stereocenters. The average Bonchev–Trinajstić information content (AvgIpc) is 2.73. The molecule has 1 fully saturated rings. The van der Waals surface area contributed by atoms with Gasteiger partial charge in [0.25, 0.3) is 0 Å². The number of hydrogen-bond donors (Lipinski definition) is 3. The van der Waals surface area contributed by atoms with Gasteiger partial charge in [0.15, 0.2) is 0 Å². The summed E-state index contributed by atoms with van der Waals surface area (Å²) in [5.41, 5.74) is 6.89. The summed E-state index contributed by atoms with van der Waals surface area (Å²) in [6.45, 7) is 2.05. The molecule has 1 amide bonds. The van der Waals surface area contributed by atoms with Crippen molar-refractivity contribution in [1.82, 2.24) is 10.0 Å². The summed E-state index contributed by atoms with van der Waals surface area (Å²) in [5.74, 6) is -0.155. The molecular formula is C12H15N3O3S2. The first-order valence-corrected chi connectivity index (χ1v) is 7.88. The standard InChI is InChI=1S/C12H15N3O3S2/c1-7-4-9(2-3-10(7)12(13)19)20(17,18)15-8-5-11(16)14-6-8/h2-4,8,15H,5-6H2,1H3,(H2,13,19)(H,14,16). The Labute approximate surface area is 122 Å². The number of carbonyl (C=O) groups is 1. The Hall–Kier alpha value is -1.51. The van der Waals surface area contributed by atoms with Gasteiger partial charge < -0.3 is 11.1 Å². The fraction of sp³-hybridized carbons (Fsp3) is 0.333. The molecule has 0 spiro atoms. The van der Waals surface area contributed by atoms with Crippen molar-refractivity contribution in [2.75, 3.05) is 6.54 Å². The number of nitrogens with two attached hydrogens (primary N) is 1. The van der Waals surface area contributed by atoms with Crippen molar-refractivity contribution in [3.63, 3.8) is 0 Å². The molecule has 1 aromatic rings. The third-order valence-corrected chi connectivity index (χ3v) is 4.81. The molecule has 8 heteroatoms. The van der Waals surface area contributed by atoms with Crippen molar-refractivity contribution in [2.24, 2.45) is 5.73 Å². The predicted octanol–water partition coefficient (Wildman–Crippen LogP) is -0.204. The first-order valence-electron chi connectivity index (χ1n) is 5.99. The van der Waals surface area contributed by atoms with Crippen molar-refractivity contribution in [1.29, 1.82) is 0 Å². The second kappa shape index (κ2) is 5.47. The summed E-state index contributed by atoms with van der Waals surface area (Å²) >= 11 is 4.88. The van der Waals surface area contributed by atoms with Crippen molar-refractivity contribution >= 4 is 33.1 Å². The lowest BCUT2D eigenvalue weighted by atomic mass is 10.1. The largest absolute Gasteiger partial charge is 0.389 e. The van der Waals surface area contributed by atoms with Crippen LogP contribution in [-0.2, 0) is 14.8 Å². The minimum Gasteiger partial charge on any atom is -0.389 e. The van der Waals surface area contributed by atoms with E-state index in [4.69, 9.17) is 18.0 Å². The van der Waals surface area contributed by atoms with Crippen LogP contribution in [0.25, 0.3) is 0 Å². The normalized spacial score (nSPS) is 18.9. The van der Waals surface area contributed by atoms with E-state index in [-0.39, 0.29) is 22.2 Å². The molecule has 1 aliphatic heterocycles. The van der Waals surface area contributed by atoms with Crippen LogP contribution in [0.1, 0.15) is 17.5 Å². The lowest BCUT2D eigenvalue weighted by molar-refractivity contribution is -0.119. The molecule has 1 aromatic carbocycles. The van der Waals surface area contributed by atoms with Crippen LogP contribution in [0.5, 0.6) is 0 Å². The van der Waals surface area contributed by atoms with E-state index >= 15 is 0 Å². The van der Waals surface area contributed by atoms with Gasteiger partial charge in [-0.15, -0.1) is 0 Å². The molecule has 0 aliphatic carbocycles. The Morgan fingerprint density at radius 1 is 1.50 bits per heavy atom. The maximum absolute atomic E-state index is 12.2. The van der Waals surface area contributed by atoms with E-state index in [1.165, 1.54) is 12.1 Å². The quantitative estimate of drug-likeness (QED) is 0.668. The summed E-state index contributed by atoms with van der Waals surface area (Å²) in [6.07, 6.45) is 0.156. The van der Waals surface area contributed by atoms with Crippen molar-refractivity contribution in [2.45, 2.75) is 24.3 Å². The molecule has 1 heterocycles. The summed E-state index contributed by atoms with van der Waals surface area (Å²) in [6, 6.07) is 4.14. The van der Waals surface area contributed by atoms with E-state index in [9.17, 15) is 13.2 Å². The van der Waals surface area contributed by atoms with E-state index in [1.807, 2.05) is 0 Å². The molecule has 20 heavy (non-hydrogen) atoms. The summed E-state index contributed by atoms with van der Waals surface area (Å²) < 4.78 is 26.9. The Balaban J connectivity index is 2.23. The van der Waals surface area contributed by atoms with Crippen LogP contribution in [0.15, 0.2) is 23.1 Å². The highest BCUT2D eigenvalue weighted by Crippen LogP contribution is 2.16. The number of rotatable bonds is 4. The van der Waals surface area contributed by atoms with Crippen LogP contribution in [0, 0.1) is 6.92 Å². The topological polar surface area (TPSA) is 101 Å². The molecule has 0 saturated carbocycles. The minimum atomic E-state index is -3.66. The number of aryl methyl sites for hydroxylation is 1. The number of hydrogen-bond acceptors (Lipinski definition) is 4. The fourth-order valence-corrected chi connectivity index (χ4v) is 3.61. The molecular weight excluding hydrogens is 298 g/mol. The number of amides is 1. The Bertz CT molecular complexity index is 671. The fourth-order valence-electron chi connectivity index (χ4n) is 2.06. The Kier molecular flexibility index (Phi) is 4.07. The van der Waals surface area contributed by atoms with Gasteiger partial charge in [-0.2, -0.15) is 0 Å². The SMILES string of the molecule is Cc1cc(S(=O)(=O)NC2CNC(=O)C2)ccc1C(N)=S. The van der Waals surface area contributed by atoms with Crippen LogP contribution < -0.4 is 15.8 Å². The van der Waals surface area contributed by atoms with Gasteiger partial charge in [0.2, 0.25) is 15.9 Å². The molecule has 1 saturated heterocycles. The number of carbonyl (C=O) groups excluding carboxylic acids is 1. The van der Waals surface area contributed by atoms with Gasteiger partial charge in [-0.05, 0) is 24.6 Å². The molecule has 0 radical (unpaired) electrons. The molecule has 2 rings (SSSR count). The van der Waals surface area contributed by atoms with Gasteiger partial charge in [-0.1, -0.05) is 18.3 Å².